The number of rotatable bonds is 11. The van der Waals surface area contributed by atoms with E-state index in [1.165, 1.54) is 11.8 Å². The second-order valence-electron chi connectivity index (χ2n) is 8.35. The van der Waals surface area contributed by atoms with Gasteiger partial charge in [-0.2, -0.15) is 0 Å². The fourth-order valence-corrected chi connectivity index (χ4v) is 5.05. The largest absolute Gasteiger partial charge is 0.356 e. The van der Waals surface area contributed by atoms with E-state index in [2.05, 4.69) is 45.9 Å². The van der Waals surface area contributed by atoms with Crippen LogP contribution >= 0.6 is 23.4 Å². The lowest BCUT2D eigenvalue weighted by molar-refractivity contribution is -0.169. The fourth-order valence-electron chi connectivity index (χ4n) is 4.15. The lowest BCUT2D eigenvalue weighted by atomic mass is 10.0. The highest BCUT2D eigenvalue weighted by molar-refractivity contribution is 7.99. The van der Waals surface area contributed by atoms with E-state index in [0.717, 1.165) is 64.2 Å². The van der Waals surface area contributed by atoms with Crippen molar-refractivity contribution in [3.63, 3.8) is 0 Å². The summed E-state index contributed by atoms with van der Waals surface area (Å²) in [6, 6.07) is 1.92. The number of piperidine rings is 1. The Morgan fingerprint density at radius 3 is 2.62 bits per heavy atom. The number of aromatic nitrogens is 2. The van der Waals surface area contributed by atoms with Crippen LogP contribution in [0, 0.1) is 0 Å². The van der Waals surface area contributed by atoms with Gasteiger partial charge in [0.25, 0.3) is 0 Å². The highest BCUT2D eigenvalue weighted by Gasteiger charge is 2.40. The minimum absolute atomic E-state index is 0.00842. The van der Waals surface area contributed by atoms with E-state index in [4.69, 9.17) is 21.1 Å². The Morgan fingerprint density at radius 1 is 1.28 bits per heavy atom. The zero-order valence-corrected chi connectivity index (χ0v) is 21.0. The molecule has 2 aliphatic rings. The number of amides is 1. The fraction of sp³-hybridized carbons (Fsp3) is 0.773. The number of carbonyl (C=O) groups excluding carboxylic acids is 1. The van der Waals surface area contributed by atoms with Gasteiger partial charge < -0.3 is 24.6 Å². The Labute approximate surface area is 200 Å². The molecule has 1 spiro atoms. The van der Waals surface area contributed by atoms with Crippen LogP contribution in [-0.2, 0) is 14.3 Å². The minimum Gasteiger partial charge on any atom is -0.356 e. The van der Waals surface area contributed by atoms with Crippen molar-refractivity contribution in [2.45, 2.75) is 63.4 Å². The van der Waals surface area contributed by atoms with Crippen LogP contribution in [0.2, 0.25) is 5.15 Å². The summed E-state index contributed by atoms with van der Waals surface area (Å²) in [5, 5.41) is 3.98. The van der Waals surface area contributed by atoms with Gasteiger partial charge in [-0.1, -0.05) is 37.2 Å². The quantitative estimate of drug-likeness (QED) is 0.291. The number of ether oxygens (including phenoxy) is 2. The van der Waals surface area contributed by atoms with Crippen LogP contribution in [0.1, 0.15) is 46.5 Å². The number of nitrogens with one attached hydrogen (secondary N) is 1. The van der Waals surface area contributed by atoms with Crippen molar-refractivity contribution in [1.82, 2.24) is 20.2 Å². The van der Waals surface area contributed by atoms with Gasteiger partial charge in [0, 0.05) is 38.0 Å². The second-order valence-corrected chi connectivity index (χ2v) is 9.68. The molecule has 2 saturated heterocycles. The normalized spacial score (nSPS) is 19.0. The maximum Gasteiger partial charge on any atom is 0.230 e. The molecule has 0 saturated carbocycles. The van der Waals surface area contributed by atoms with Crippen LogP contribution in [0.4, 0.5) is 5.82 Å². The van der Waals surface area contributed by atoms with Gasteiger partial charge in [0.1, 0.15) is 11.0 Å². The average Bonchev–Trinajstić information content (AvgIpc) is 3.23. The van der Waals surface area contributed by atoms with Gasteiger partial charge >= 0.3 is 0 Å². The molecule has 2 fully saturated rings. The third-order valence-electron chi connectivity index (χ3n) is 6.07. The van der Waals surface area contributed by atoms with E-state index in [0.29, 0.717) is 23.5 Å². The molecule has 10 heteroatoms. The summed E-state index contributed by atoms with van der Waals surface area (Å²) in [6.07, 6.45) is 3.64. The van der Waals surface area contributed by atoms with Crippen LogP contribution in [0.15, 0.2) is 11.2 Å². The average molecular weight is 486 g/mol. The van der Waals surface area contributed by atoms with Crippen molar-refractivity contribution >= 4 is 35.1 Å². The van der Waals surface area contributed by atoms with Crippen molar-refractivity contribution < 1.29 is 14.3 Å². The number of carbonyl (C=O) groups is 1. The molecule has 1 amide bonds. The first-order valence-corrected chi connectivity index (χ1v) is 13.0. The molecular formula is C22H36ClN5O3S. The molecule has 1 atom stereocenters. The molecule has 1 unspecified atom stereocenters. The molecule has 0 bridgehead atoms. The van der Waals surface area contributed by atoms with Crippen LogP contribution in [0.5, 0.6) is 0 Å². The summed E-state index contributed by atoms with van der Waals surface area (Å²) in [6.45, 7) is 12.5. The highest BCUT2D eigenvalue weighted by Crippen LogP contribution is 2.33. The summed E-state index contributed by atoms with van der Waals surface area (Å²) >= 11 is 7.57. The van der Waals surface area contributed by atoms with Crippen molar-refractivity contribution in [3.8, 4) is 0 Å². The van der Waals surface area contributed by atoms with Gasteiger partial charge in [-0.25, -0.2) is 9.97 Å². The van der Waals surface area contributed by atoms with E-state index < -0.39 is 5.79 Å². The zero-order chi connectivity index (χ0) is 23.0. The third kappa shape index (κ3) is 7.45. The van der Waals surface area contributed by atoms with Gasteiger partial charge in [0.2, 0.25) is 5.91 Å². The van der Waals surface area contributed by atoms with Gasteiger partial charge in [0.05, 0.1) is 19.0 Å². The zero-order valence-electron chi connectivity index (χ0n) is 19.4. The lowest BCUT2D eigenvalue weighted by Gasteiger charge is -2.38. The summed E-state index contributed by atoms with van der Waals surface area (Å²) in [5.41, 5.74) is 0. The van der Waals surface area contributed by atoms with Crippen LogP contribution in [0.25, 0.3) is 0 Å². The molecule has 1 aromatic rings. The maximum atomic E-state index is 12.4. The Morgan fingerprint density at radius 2 is 1.97 bits per heavy atom. The first-order chi connectivity index (χ1) is 15.4. The Kier molecular flexibility index (Phi) is 9.85. The van der Waals surface area contributed by atoms with Gasteiger partial charge in [-0.3, -0.25) is 4.79 Å². The Bertz CT molecular complexity index is 736. The van der Waals surface area contributed by atoms with E-state index in [1.807, 2.05) is 0 Å². The second kappa shape index (κ2) is 12.4. The van der Waals surface area contributed by atoms with Crippen molar-refractivity contribution in [2.24, 2.45) is 0 Å². The van der Waals surface area contributed by atoms with Gasteiger partial charge in [-0.15, -0.1) is 0 Å². The minimum atomic E-state index is -0.426. The van der Waals surface area contributed by atoms with E-state index in [1.54, 1.807) is 6.07 Å². The topological polar surface area (TPSA) is 79.8 Å². The predicted molar refractivity (Wildman–Crippen MR) is 128 cm³/mol. The number of anilines is 1. The molecule has 1 aromatic heterocycles. The molecule has 180 valence electrons. The molecule has 0 aliphatic carbocycles. The van der Waals surface area contributed by atoms with Crippen molar-refractivity contribution in [2.75, 3.05) is 56.6 Å². The summed E-state index contributed by atoms with van der Waals surface area (Å²) < 4.78 is 11.6. The number of thioether (sulfide) groups is 1. The molecule has 0 radical (unpaired) electrons. The Balaban J connectivity index is 1.44. The monoisotopic (exact) mass is 485 g/mol. The van der Waals surface area contributed by atoms with Crippen LogP contribution in [-0.4, -0.2) is 84.3 Å². The van der Waals surface area contributed by atoms with E-state index >= 15 is 0 Å². The predicted octanol–water partition coefficient (Wildman–Crippen LogP) is 3.19. The standard InChI is InChI=1S/C22H36ClN5O3S/c1-4-27(5-2)10-6-7-17(3)24-20(29)16-32-21-25-18(23)15-19(26-21)28-11-8-22(9-12-28)30-13-14-31-22/h15,17H,4-14,16H2,1-3H3,(H,24,29). The Hall–Kier alpha value is -1.13. The molecule has 3 rings (SSSR count). The summed E-state index contributed by atoms with van der Waals surface area (Å²) in [4.78, 5) is 25.9. The smallest absolute Gasteiger partial charge is 0.230 e. The molecule has 1 N–H and O–H groups in total. The first-order valence-electron chi connectivity index (χ1n) is 11.6. The first kappa shape index (κ1) is 25.5. The van der Waals surface area contributed by atoms with E-state index in [-0.39, 0.29) is 17.7 Å². The summed E-state index contributed by atoms with van der Waals surface area (Å²) in [5.74, 6) is 0.618. The lowest BCUT2D eigenvalue weighted by Crippen LogP contribution is -2.45. The number of hydrogen-bond donors (Lipinski definition) is 1. The SMILES string of the molecule is CCN(CC)CCCC(C)NC(=O)CSc1nc(Cl)cc(N2CCC3(CC2)OCCO3)n1. The number of hydrogen-bond acceptors (Lipinski definition) is 8. The maximum absolute atomic E-state index is 12.4. The van der Waals surface area contributed by atoms with Crippen molar-refractivity contribution in [1.29, 1.82) is 0 Å². The van der Waals surface area contributed by atoms with E-state index in [9.17, 15) is 4.79 Å². The highest BCUT2D eigenvalue weighted by atomic mass is 35.5. The summed E-state index contributed by atoms with van der Waals surface area (Å²) in [7, 11) is 0. The molecule has 3 heterocycles. The van der Waals surface area contributed by atoms with Gasteiger partial charge in [0.15, 0.2) is 10.9 Å². The molecule has 2 aliphatic heterocycles. The molecule has 0 aromatic carbocycles. The van der Waals surface area contributed by atoms with Crippen molar-refractivity contribution in [3.05, 3.63) is 11.2 Å². The third-order valence-corrected chi connectivity index (χ3v) is 7.11. The van der Waals surface area contributed by atoms with Crippen LogP contribution < -0.4 is 10.2 Å². The van der Waals surface area contributed by atoms with Crippen LogP contribution in [0.3, 0.4) is 0 Å². The molecule has 32 heavy (non-hydrogen) atoms. The molecular weight excluding hydrogens is 450 g/mol. The number of nitrogens with zero attached hydrogens (tertiary/aromatic N) is 4. The van der Waals surface area contributed by atoms with Gasteiger partial charge in [-0.05, 0) is 39.4 Å². The molecule has 8 nitrogen and oxygen atoms in total. The number of halogens is 1.